The van der Waals surface area contributed by atoms with E-state index < -0.39 is 0 Å². The summed E-state index contributed by atoms with van der Waals surface area (Å²) < 4.78 is 7.25. The maximum atomic E-state index is 12.2. The first-order valence-corrected chi connectivity index (χ1v) is 10.6. The molecule has 0 aliphatic carbocycles. The average molecular weight is 411 g/mol. The monoisotopic (exact) mass is 410 g/mol. The van der Waals surface area contributed by atoms with Crippen molar-refractivity contribution in [1.29, 1.82) is 0 Å². The van der Waals surface area contributed by atoms with E-state index >= 15 is 0 Å². The predicted octanol–water partition coefficient (Wildman–Crippen LogP) is 3.92. The Hall–Kier alpha value is -2.84. The summed E-state index contributed by atoms with van der Waals surface area (Å²) in [6.07, 6.45) is 2.29. The molecule has 0 spiro atoms. The molecule has 1 N–H and O–H groups in total. The number of carbonyl (C=O) groups excluding carboxylic acids is 1. The first-order valence-electron chi connectivity index (χ1n) is 8.73. The largest absolute Gasteiger partial charge is 0.467 e. The van der Waals surface area contributed by atoms with Crippen LogP contribution in [-0.2, 0) is 17.8 Å². The fourth-order valence-corrected chi connectivity index (χ4v) is 4.20. The topological polar surface area (TPSA) is 73.0 Å². The lowest BCUT2D eigenvalue weighted by atomic mass is 10.3. The van der Waals surface area contributed by atoms with Crippen LogP contribution >= 0.6 is 23.1 Å². The maximum absolute atomic E-state index is 12.2. The minimum atomic E-state index is -0.0798. The van der Waals surface area contributed by atoms with E-state index in [1.165, 1.54) is 16.6 Å². The zero-order chi connectivity index (χ0) is 19.2. The van der Waals surface area contributed by atoms with E-state index in [0.29, 0.717) is 18.1 Å². The van der Waals surface area contributed by atoms with Crippen LogP contribution < -0.4 is 5.32 Å². The van der Waals surface area contributed by atoms with Gasteiger partial charge in [-0.1, -0.05) is 36.0 Å². The van der Waals surface area contributed by atoms with Crippen LogP contribution in [0.25, 0.3) is 5.69 Å². The molecule has 4 rings (SSSR count). The van der Waals surface area contributed by atoms with Crippen molar-refractivity contribution >= 4 is 29.0 Å². The summed E-state index contributed by atoms with van der Waals surface area (Å²) in [6.45, 7) is 0.376. The molecule has 3 heterocycles. The standard InChI is InChI=1S/C20H18N4O2S2/c25-19(21-13-16-8-4-10-26-16)14-28-20-23-22-18(12-17-9-5-11-27-17)24(20)15-6-2-1-3-7-15/h1-11H,12-14H2,(H,21,25). The third-order valence-electron chi connectivity index (χ3n) is 4.00. The van der Waals surface area contributed by atoms with Crippen LogP contribution in [0.3, 0.4) is 0 Å². The van der Waals surface area contributed by atoms with Gasteiger partial charge >= 0.3 is 0 Å². The fourth-order valence-electron chi connectivity index (χ4n) is 2.69. The summed E-state index contributed by atoms with van der Waals surface area (Å²) in [4.78, 5) is 13.4. The molecule has 0 atom stereocenters. The molecule has 0 aliphatic heterocycles. The number of hydrogen-bond donors (Lipinski definition) is 1. The van der Waals surface area contributed by atoms with Crippen LogP contribution in [0.4, 0.5) is 0 Å². The summed E-state index contributed by atoms with van der Waals surface area (Å²) >= 11 is 3.06. The molecule has 1 amide bonds. The smallest absolute Gasteiger partial charge is 0.230 e. The molecule has 0 fully saturated rings. The van der Waals surface area contributed by atoms with Gasteiger partial charge in [0.15, 0.2) is 5.16 Å². The second-order valence-electron chi connectivity index (χ2n) is 5.97. The molecule has 142 valence electrons. The van der Waals surface area contributed by atoms with Crippen molar-refractivity contribution in [3.05, 3.63) is 82.7 Å². The van der Waals surface area contributed by atoms with Gasteiger partial charge in [0, 0.05) is 17.0 Å². The van der Waals surface area contributed by atoms with Crippen molar-refractivity contribution in [3.8, 4) is 5.69 Å². The van der Waals surface area contributed by atoms with Gasteiger partial charge in [-0.3, -0.25) is 9.36 Å². The van der Waals surface area contributed by atoms with Crippen molar-refractivity contribution in [2.24, 2.45) is 0 Å². The number of nitrogens with zero attached hydrogens (tertiary/aromatic N) is 3. The minimum Gasteiger partial charge on any atom is -0.467 e. The quantitative estimate of drug-likeness (QED) is 0.446. The number of carbonyl (C=O) groups is 1. The van der Waals surface area contributed by atoms with Crippen LogP contribution in [0.2, 0.25) is 0 Å². The third-order valence-corrected chi connectivity index (χ3v) is 5.80. The zero-order valence-electron chi connectivity index (χ0n) is 14.9. The number of hydrogen-bond acceptors (Lipinski definition) is 6. The van der Waals surface area contributed by atoms with Gasteiger partial charge in [-0.15, -0.1) is 21.5 Å². The Balaban J connectivity index is 1.48. The number of rotatable bonds is 8. The first kappa shape index (κ1) is 18.5. The highest BCUT2D eigenvalue weighted by Crippen LogP contribution is 2.24. The lowest BCUT2D eigenvalue weighted by molar-refractivity contribution is -0.118. The normalized spacial score (nSPS) is 10.9. The highest BCUT2D eigenvalue weighted by molar-refractivity contribution is 7.99. The predicted molar refractivity (Wildman–Crippen MR) is 110 cm³/mol. The second kappa shape index (κ2) is 8.90. The number of benzene rings is 1. The molecule has 0 bridgehead atoms. The number of aromatic nitrogens is 3. The van der Waals surface area contributed by atoms with Crippen LogP contribution in [0.1, 0.15) is 16.5 Å². The number of nitrogens with one attached hydrogen (secondary N) is 1. The Morgan fingerprint density at radius 2 is 2.00 bits per heavy atom. The number of furan rings is 1. The van der Waals surface area contributed by atoms with Gasteiger partial charge in [-0.05, 0) is 35.7 Å². The van der Waals surface area contributed by atoms with E-state index in [1.54, 1.807) is 23.7 Å². The molecule has 0 unspecified atom stereocenters. The van der Waals surface area contributed by atoms with Crippen LogP contribution in [0, 0.1) is 0 Å². The molecule has 0 saturated heterocycles. The molecule has 3 aromatic heterocycles. The van der Waals surface area contributed by atoms with Crippen LogP contribution in [0.5, 0.6) is 0 Å². The zero-order valence-corrected chi connectivity index (χ0v) is 16.6. The number of para-hydroxylation sites is 1. The van der Waals surface area contributed by atoms with Crippen molar-refractivity contribution in [3.63, 3.8) is 0 Å². The summed E-state index contributed by atoms with van der Waals surface area (Å²) in [7, 11) is 0. The molecule has 28 heavy (non-hydrogen) atoms. The Bertz CT molecular complexity index is 1010. The molecule has 1 aromatic carbocycles. The second-order valence-corrected chi connectivity index (χ2v) is 7.95. The summed E-state index contributed by atoms with van der Waals surface area (Å²) in [5, 5.41) is 14.3. The van der Waals surface area contributed by atoms with E-state index in [1.807, 2.05) is 47.0 Å². The SMILES string of the molecule is O=C(CSc1nnc(Cc2cccs2)n1-c1ccccc1)NCc1ccco1. The average Bonchev–Trinajstić information content (AvgIpc) is 3.48. The van der Waals surface area contributed by atoms with Crippen molar-refractivity contribution in [2.75, 3.05) is 5.75 Å². The number of thioether (sulfide) groups is 1. The van der Waals surface area contributed by atoms with Crippen molar-refractivity contribution in [2.45, 2.75) is 18.1 Å². The highest BCUT2D eigenvalue weighted by Gasteiger charge is 2.16. The molecular formula is C20H18N4O2S2. The van der Waals surface area contributed by atoms with E-state index in [0.717, 1.165) is 17.3 Å². The van der Waals surface area contributed by atoms with E-state index in [9.17, 15) is 4.79 Å². The third kappa shape index (κ3) is 4.52. The Kier molecular flexibility index (Phi) is 5.89. The molecule has 8 heteroatoms. The molecule has 4 aromatic rings. The van der Waals surface area contributed by atoms with Gasteiger partial charge in [0.2, 0.25) is 5.91 Å². The minimum absolute atomic E-state index is 0.0798. The van der Waals surface area contributed by atoms with Gasteiger partial charge in [0.05, 0.1) is 18.6 Å². The van der Waals surface area contributed by atoms with Crippen LogP contribution in [-0.4, -0.2) is 26.4 Å². The molecule has 6 nitrogen and oxygen atoms in total. The van der Waals surface area contributed by atoms with E-state index in [4.69, 9.17) is 4.42 Å². The fraction of sp³-hybridized carbons (Fsp3) is 0.150. The molecule has 0 radical (unpaired) electrons. The summed E-state index contributed by atoms with van der Waals surface area (Å²) in [6, 6.07) is 17.7. The summed E-state index contributed by atoms with van der Waals surface area (Å²) in [5.41, 5.74) is 0.984. The van der Waals surface area contributed by atoms with Gasteiger partial charge in [-0.2, -0.15) is 0 Å². The van der Waals surface area contributed by atoms with Crippen molar-refractivity contribution in [1.82, 2.24) is 20.1 Å². The lowest BCUT2D eigenvalue weighted by Gasteiger charge is -2.10. The Labute approximate surface area is 170 Å². The van der Waals surface area contributed by atoms with E-state index in [-0.39, 0.29) is 11.7 Å². The number of amides is 1. The molecule has 0 saturated carbocycles. The number of thiophene rings is 1. The van der Waals surface area contributed by atoms with Gasteiger partial charge in [0.25, 0.3) is 0 Å². The maximum Gasteiger partial charge on any atom is 0.230 e. The molecule has 0 aliphatic rings. The van der Waals surface area contributed by atoms with Crippen LogP contribution in [0.15, 0.2) is 75.8 Å². The Morgan fingerprint density at radius 3 is 2.75 bits per heavy atom. The van der Waals surface area contributed by atoms with Gasteiger partial charge in [0.1, 0.15) is 11.6 Å². The lowest BCUT2D eigenvalue weighted by Crippen LogP contribution is -2.24. The summed E-state index contributed by atoms with van der Waals surface area (Å²) in [5.74, 6) is 1.75. The highest BCUT2D eigenvalue weighted by atomic mass is 32.2. The van der Waals surface area contributed by atoms with Gasteiger partial charge < -0.3 is 9.73 Å². The van der Waals surface area contributed by atoms with Crippen molar-refractivity contribution < 1.29 is 9.21 Å². The van der Waals surface area contributed by atoms with E-state index in [2.05, 4.69) is 27.0 Å². The Morgan fingerprint density at radius 1 is 1.11 bits per heavy atom. The van der Waals surface area contributed by atoms with Gasteiger partial charge in [-0.25, -0.2) is 0 Å². The first-order chi connectivity index (χ1) is 13.8. The molecular weight excluding hydrogens is 392 g/mol.